The molecule has 1 saturated carbocycles. The van der Waals surface area contributed by atoms with Crippen LogP contribution < -0.4 is 5.73 Å². The molecule has 0 aliphatic heterocycles. The van der Waals surface area contributed by atoms with Crippen molar-refractivity contribution in [2.24, 2.45) is 5.92 Å². The number of rotatable bonds is 3. The van der Waals surface area contributed by atoms with E-state index < -0.39 is 0 Å². The summed E-state index contributed by atoms with van der Waals surface area (Å²) < 4.78 is 4.98. The Bertz CT molecular complexity index is 376. The Labute approximate surface area is 89.2 Å². The van der Waals surface area contributed by atoms with Crippen LogP contribution in [-0.2, 0) is 9.53 Å². The fraction of sp³-hybridized carbons (Fsp3) is 0.417. The van der Waals surface area contributed by atoms with Crippen molar-refractivity contribution in [2.75, 3.05) is 12.3 Å². The molecule has 3 heteroatoms. The molecule has 0 aromatic heterocycles. The van der Waals surface area contributed by atoms with E-state index in [1.807, 2.05) is 31.2 Å². The largest absolute Gasteiger partial charge is 0.466 e. The number of ether oxygens (including phenoxy) is 1. The number of benzene rings is 1. The highest BCUT2D eigenvalue weighted by atomic mass is 16.5. The van der Waals surface area contributed by atoms with E-state index in [9.17, 15) is 4.79 Å². The van der Waals surface area contributed by atoms with E-state index in [1.165, 1.54) is 0 Å². The van der Waals surface area contributed by atoms with Crippen molar-refractivity contribution >= 4 is 11.7 Å². The van der Waals surface area contributed by atoms with Crippen LogP contribution in [0, 0.1) is 5.92 Å². The molecule has 0 spiro atoms. The summed E-state index contributed by atoms with van der Waals surface area (Å²) in [6.45, 7) is 2.29. The number of nitrogen functional groups attached to an aromatic ring is 1. The van der Waals surface area contributed by atoms with Crippen molar-refractivity contribution in [1.29, 1.82) is 0 Å². The third kappa shape index (κ3) is 2.12. The lowest BCUT2D eigenvalue weighted by Crippen LogP contribution is -2.07. The minimum absolute atomic E-state index is 0.0479. The number of anilines is 1. The summed E-state index contributed by atoms with van der Waals surface area (Å²) in [6.07, 6.45) is 0.891. The Hall–Kier alpha value is -1.51. The van der Waals surface area contributed by atoms with Gasteiger partial charge in [0.15, 0.2) is 0 Å². The Morgan fingerprint density at radius 1 is 1.60 bits per heavy atom. The molecule has 80 valence electrons. The fourth-order valence-corrected chi connectivity index (χ4v) is 1.86. The van der Waals surface area contributed by atoms with E-state index in [-0.39, 0.29) is 11.9 Å². The lowest BCUT2D eigenvalue weighted by atomic mass is 10.1. The average molecular weight is 205 g/mol. The van der Waals surface area contributed by atoms with Gasteiger partial charge in [0.25, 0.3) is 0 Å². The summed E-state index contributed by atoms with van der Waals surface area (Å²) in [6, 6.07) is 7.72. The molecule has 0 bridgehead atoms. The molecule has 1 aliphatic carbocycles. The minimum Gasteiger partial charge on any atom is -0.466 e. The third-order valence-corrected chi connectivity index (χ3v) is 2.72. The predicted molar refractivity (Wildman–Crippen MR) is 58.3 cm³/mol. The highest BCUT2D eigenvalue weighted by molar-refractivity contribution is 5.77. The molecule has 2 rings (SSSR count). The summed E-state index contributed by atoms with van der Waals surface area (Å²) >= 11 is 0. The summed E-state index contributed by atoms with van der Waals surface area (Å²) in [4.78, 5) is 11.4. The van der Waals surface area contributed by atoms with Gasteiger partial charge in [-0.15, -0.1) is 0 Å². The van der Waals surface area contributed by atoms with Crippen molar-refractivity contribution in [1.82, 2.24) is 0 Å². The lowest BCUT2D eigenvalue weighted by molar-refractivity contribution is -0.144. The van der Waals surface area contributed by atoms with Crippen molar-refractivity contribution in [3.8, 4) is 0 Å². The second-order valence-corrected chi connectivity index (χ2v) is 3.87. The van der Waals surface area contributed by atoms with Gasteiger partial charge in [-0.1, -0.05) is 12.1 Å². The maximum Gasteiger partial charge on any atom is 0.309 e. The first-order valence-corrected chi connectivity index (χ1v) is 5.24. The van der Waals surface area contributed by atoms with Crippen molar-refractivity contribution in [3.05, 3.63) is 29.8 Å². The van der Waals surface area contributed by atoms with E-state index in [1.54, 1.807) is 0 Å². The van der Waals surface area contributed by atoms with Crippen LogP contribution in [0.4, 0.5) is 5.69 Å². The summed E-state index contributed by atoms with van der Waals surface area (Å²) in [5.74, 6) is 0.282. The maximum atomic E-state index is 11.4. The van der Waals surface area contributed by atoms with Gasteiger partial charge >= 0.3 is 5.97 Å². The zero-order valence-corrected chi connectivity index (χ0v) is 8.77. The predicted octanol–water partition coefficient (Wildman–Crippen LogP) is 1.94. The second-order valence-electron chi connectivity index (χ2n) is 3.87. The van der Waals surface area contributed by atoms with Crippen LogP contribution in [0.5, 0.6) is 0 Å². The normalized spacial score (nSPS) is 23.5. The van der Waals surface area contributed by atoms with E-state index >= 15 is 0 Å². The minimum atomic E-state index is -0.0788. The molecule has 2 N–H and O–H groups in total. The van der Waals surface area contributed by atoms with Crippen molar-refractivity contribution < 1.29 is 9.53 Å². The molecule has 0 amide bonds. The first-order valence-electron chi connectivity index (χ1n) is 5.24. The average Bonchev–Trinajstić information content (AvgIpc) is 2.97. The van der Waals surface area contributed by atoms with Gasteiger partial charge in [-0.2, -0.15) is 0 Å². The third-order valence-electron chi connectivity index (χ3n) is 2.72. The first-order chi connectivity index (χ1) is 7.22. The topological polar surface area (TPSA) is 52.3 Å². The molecule has 0 radical (unpaired) electrons. The Kier molecular flexibility index (Phi) is 2.62. The van der Waals surface area contributed by atoms with Crippen LogP contribution in [0.15, 0.2) is 24.3 Å². The van der Waals surface area contributed by atoms with Crippen LogP contribution >= 0.6 is 0 Å². The molecule has 0 saturated heterocycles. The highest BCUT2D eigenvalue weighted by Gasteiger charge is 2.45. The Morgan fingerprint density at radius 2 is 2.40 bits per heavy atom. The van der Waals surface area contributed by atoms with Crippen LogP contribution in [0.25, 0.3) is 0 Å². The molecule has 1 fully saturated rings. The molecule has 1 aromatic carbocycles. The van der Waals surface area contributed by atoms with Gasteiger partial charge < -0.3 is 10.5 Å². The zero-order chi connectivity index (χ0) is 10.8. The van der Waals surface area contributed by atoms with Gasteiger partial charge in [-0.25, -0.2) is 0 Å². The van der Waals surface area contributed by atoms with Crippen LogP contribution in [-0.4, -0.2) is 12.6 Å². The number of carbonyl (C=O) groups excluding carboxylic acids is 1. The molecule has 15 heavy (non-hydrogen) atoms. The van der Waals surface area contributed by atoms with E-state index in [4.69, 9.17) is 10.5 Å². The number of hydrogen-bond donors (Lipinski definition) is 1. The molecular formula is C12H15NO2. The van der Waals surface area contributed by atoms with Gasteiger partial charge in [-0.05, 0) is 37.0 Å². The first kappa shape index (κ1) is 10.0. The van der Waals surface area contributed by atoms with Crippen molar-refractivity contribution in [2.45, 2.75) is 19.3 Å². The second kappa shape index (κ2) is 3.93. The SMILES string of the molecule is CCOC(=O)C1CC1c1cccc(N)c1. The zero-order valence-electron chi connectivity index (χ0n) is 8.77. The summed E-state index contributed by atoms with van der Waals surface area (Å²) in [5.41, 5.74) is 7.59. The quantitative estimate of drug-likeness (QED) is 0.606. The lowest BCUT2D eigenvalue weighted by Gasteiger charge is -2.02. The molecule has 1 aliphatic rings. The van der Waals surface area contributed by atoms with Gasteiger partial charge in [0.05, 0.1) is 12.5 Å². The van der Waals surface area contributed by atoms with E-state index in [0.717, 1.165) is 17.7 Å². The maximum absolute atomic E-state index is 11.4. The molecule has 0 heterocycles. The van der Waals surface area contributed by atoms with Gasteiger partial charge in [0.1, 0.15) is 0 Å². The molecular weight excluding hydrogens is 190 g/mol. The number of carbonyl (C=O) groups is 1. The Morgan fingerprint density at radius 3 is 3.07 bits per heavy atom. The van der Waals surface area contributed by atoms with Crippen LogP contribution in [0.3, 0.4) is 0 Å². The van der Waals surface area contributed by atoms with Gasteiger partial charge in [0.2, 0.25) is 0 Å². The molecule has 1 aromatic rings. The summed E-state index contributed by atoms with van der Waals surface area (Å²) in [7, 11) is 0. The fourth-order valence-electron chi connectivity index (χ4n) is 1.86. The van der Waals surface area contributed by atoms with Crippen molar-refractivity contribution in [3.63, 3.8) is 0 Å². The highest BCUT2D eigenvalue weighted by Crippen LogP contribution is 2.48. The van der Waals surface area contributed by atoms with Gasteiger partial charge in [-0.3, -0.25) is 4.79 Å². The smallest absolute Gasteiger partial charge is 0.309 e. The van der Waals surface area contributed by atoms with E-state index in [0.29, 0.717) is 12.5 Å². The van der Waals surface area contributed by atoms with Crippen LogP contribution in [0.1, 0.15) is 24.8 Å². The monoisotopic (exact) mass is 205 g/mol. The molecule has 3 nitrogen and oxygen atoms in total. The molecule has 2 atom stereocenters. The summed E-state index contributed by atoms with van der Waals surface area (Å²) in [5, 5.41) is 0. The number of esters is 1. The Balaban J connectivity index is 2.01. The van der Waals surface area contributed by atoms with Gasteiger partial charge in [0, 0.05) is 5.69 Å². The number of nitrogens with two attached hydrogens (primary N) is 1. The van der Waals surface area contributed by atoms with E-state index in [2.05, 4.69) is 0 Å². The van der Waals surface area contributed by atoms with Crippen LogP contribution in [0.2, 0.25) is 0 Å². The number of hydrogen-bond acceptors (Lipinski definition) is 3. The molecule has 2 unspecified atom stereocenters. The standard InChI is InChI=1S/C12H15NO2/c1-2-15-12(14)11-7-10(11)8-4-3-5-9(13)6-8/h3-6,10-11H,2,7,13H2,1H3.